The van der Waals surface area contributed by atoms with Crippen LogP contribution in [0.1, 0.15) is 13.8 Å². The second-order valence-corrected chi connectivity index (χ2v) is 3.12. The number of hydrogen-bond donors (Lipinski definition) is 0. The molecule has 0 aliphatic heterocycles. The fourth-order valence-electron chi connectivity index (χ4n) is 0.456. The van der Waals surface area contributed by atoms with Crippen molar-refractivity contribution < 1.29 is 0 Å². The van der Waals surface area contributed by atoms with Crippen molar-refractivity contribution in [2.45, 2.75) is 13.8 Å². The van der Waals surface area contributed by atoms with E-state index in [1.807, 2.05) is 27.1 Å². The first-order valence-electron chi connectivity index (χ1n) is 3.65. The minimum atomic E-state index is 0.608. The molecule has 0 rings (SSSR count). The topological polar surface area (TPSA) is 3.24 Å². The SMILES string of the molecule is C/C(=C/C=C(\C)N(C)C)CCl. The lowest BCUT2D eigenvalue weighted by atomic mass is 10.3. The molecule has 0 amide bonds. The van der Waals surface area contributed by atoms with E-state index in [-0.39, 0.29) is 0 Å². The molecule has 0 saturated heterocycles. The van der Waals surface area contributed by atoms with Crippen LogP contribution in [0.5, 0.6) is 0 Å². The smallest absolute Gasteiger partial charge is 0.0433 e. The van der Waals surface area contributed by atoms with Gasteiger partial charge in [-0.3, -0.25) is 0 Å². The van der Waals surface area contributed by atoms with Gasteiger partial charge in [-0.25, -0.2) is 0 Å². The van der Waals surface area contributed by atoms with E-state index in [9.17, 15) is 0 Å². The fraction of sp³-hybridized carbons (Fsp3) is 0.556. The Morgan fingerprint density at radius 1 is 1.27 bits per heavy atom. The number of halogens is 1. The van der Waals surface area contributed by atoms with Crippen molar-refractivity contribution >= 4 is 11.6 Å². The van der Waals surface area contributed by atoms with E-state index >= 15 is 0 Å². The molecule has 64 valence electrons. The van der Waals surface area contributed by atoms with Crippen molar-refractivity contribution in [1.29, 1.82) is 0 Å². The fourth-order valence-corrected chi connectivity index (χ4v) is 0.546. The standard InChI is InChI=1S/C9H16ClN/c1-8(7-10)5-6-9(2)11(3)4/h5-6H,7H2,1-4H3/b8-5-,9-6+. The quantitative estimate of drug-likeness (QED) is 0.469. The number of alkyl halides is 1. The lowest BCUT2D eigenvalue weighted by Gasteiger charge is -2.11. The van der Waals surface area contributed by atoms with Crippen LogP contribution in [0.25, 0.3) is 0 Å². The molecular weight excluding hydrogens is 158 g/mol. The normalized spacial score (nSPS) is 13.5. The van der Waals surface area contributed by atoms with Crippen LogP contribution in [-0.4, -0.2) is 24.9 Å². The van der Waals surface area contributed by atoms with Crippen LogP contribution in [-0.2, 0) is 0 Å². The van der Waals surface area contributed by atoms with Crippen LogP contribution >= 0.6 is 11.6 Å². The molecule has 0 heterocycles. The summed E-state index contributed by atoms with van der Waals surface area (Å²) in [6.07, 6.45) is 4.11. The van der Waals surface area contributed by atoms with Gasteiger partial charge in [-0.2, -0.15) is 0 Å². The van der Waals surface area contributed by atoms with Crippen molar-refractivity contribution in [2.75, 3.05) is 20.0 Å². The summed E-state index contributed by atoms with van der Waals surface area (Å²) in [6.45, 7) is 4.09. The first-order chi connectivity index (χ1) is 5.07. The maximum Gasteiger partial charge on any atom is 0.0433 e. The van der Waals surface area contributed by atoms with Gasteiger partial charge in [0.05, 0.1) is 0 Å². The highest BCUT2D eigenvalue weighted by Gasteiger charge is 1.87. The zero-order valence-corrected chi connectivity index (χ0v) is 8.44. The molecule has 0 spiro atoms. The number of rotatable bonds is 3. The maximum atomic E-state index is 5.60. The summed E-state index contributed by atoms with van der Waals surface area (Å²) in [6, 6.07) is 0. The Bertz CT molecular complexity index is 168. The van der Waals surface area contributed by atoms with E-state index < -0.39 is 0 Å². The third-order valence-electron chi connectivity index (χ3n) is 1.53. The van der Waals surface area contributed by atoms with Gasteiger partial charge in [0.15, 0.2) is 0 Å². The highest BCUT2D eigenvalue weighted by atomic mass is 35.5. The third-order valence-corrected chi connectivity index (χ3v) is 1.95. The Balaban J connectivity index is 4.11. The first kappa shape index (κ1) is 10.6. The predicted octanol–water partition coefficient (Wildman–Crippen LogP) is 2.64. The van der Waals surface area contributed by atoms with Gasteiger partial charge in [-0.15, -0.1) is 11.6 Å². The number of allylic oxidation sites excluding steroid dienone is 4. The van der Waals surface area contributed by atoms with Crippen LogP contribution in [0.4, 0.5) is 0 Å². The summed E-state index contributed by atoms with van der Waals surface area (Å²) in [5.41, 5.74) is 2.42. The molecule has 0 atom stereocenters. The molecule has 0 aromatic rings. The second-order valence-electron chi connectivity index (χ2n) is 2.85. The molecule has 0 aliphatic rings. The molecule has 0 aromatic heterocycles. The maximum absolute atomic E-state index is 5.60. The van der Waals surface area contributed by atoms with Crippen LogP contribution in [0.3, 0.4) is 0 Å². The third kappa shape index (κ3) is 4.91. The molecule has 0 fully saturated rings. The van der Waals surface area contributed by atoms with Crippen LogP contribution < -0.4 is 0 Å². The second kappa shape index (κ2) is 5.25. The molecule has 0 aliphatic carbocycles. The number of nitrogens with zero attached hydrogens (tertiary/aromatic N) is 1. The summed E-state index contributed by atoms with van der Waals surface area (Å²) in [5, 5.41) is 0. The molecule has 0 bridgehead atoms. The Kier molecular flexibility index (Phi) is 5.05. The zero-order valence-electron chi connectivity index (χ0n) is 7.69. The summed E-state index contributed by atoms with van der Waals surface area (Å²) in [7, 11) is 4.05. The van der Waals surface area contributed by atoms with Crippen molar-refractivity contribution in [2.24, 2.45) is 0 Å². The Morgan fingerprint density at radius 3 is 2.18 bits per heavy atom. The minimum Gasteiger partial charge on any atom is -0.381 e. The predicted molar refractivity (Wildman–Crippen MR) is 51.9 cm³/mol. The monoisotopic (exact) mass is 173 g/mol. The molecule has 11 heavy (non-hydrogen) atoms. The van der Waals surface area contributed by atoms with Crippen molar-refractivity contribution in [3.8, 4) is 0 Å². The Hall–Kier alpha value is -0.430. The minimum absolute atomic E-state index is 0.608. The number of hydrogen-bond acceptors (Lipinski definition) is 1. The highest BCUT2D eigenvalue weighted by molar-refractivity contribution is 6.19. The summed E-state index contributed by atoms with van der Waals surface area (Å²) in [4.78, 5) is 2.07. The highest BCUT2D eigenvalue weighted by Crippen LogP contribution is 2.00. The molecule has 0 saturated carbocycles. The van der Waals surface area contributed by atoms with Gasteiger partial charge < -0.3 is 4.90 Å². The van der Waals surface area contributed by atoms with E-state index in [1.165, 1.54) is 11.3 Å². The van der Waals surface area contributed by atoms with E-state index in [4.69, 9.17) is 11.6 Å². The molecular formula is C9H16ClN. The van der Waals surface area contributed by atoms with Crippen LogP contribution in [0.15, 0.2) is 23.4 Å². The van der Waals surface area contributed by atoms with Crippen LogP contribution in [0, 0.1) is 0 Å². The van der Waals surface area contributed by atoms with Gasteiger partial charge >= 0.3 is 0 Å². The van der Waals surface area contributed by atoms with Gasteiger partial charge in [0.2, 0.25) is 0 Å². The van der Waals surface area contributed by atoms with Crippen molar-refractivity contribution in [1.82, 2.24) is 4.90 Å². The summed E-state index contributed by atoms with van der Waals surface area (Å²) < 4.78 is 0. The molecule has 0 radical (unpaired) electrons. The van der Waals surface area contributed by atoms with E-state index in [0.29, 0.717) is 5.88 Å². The molecule has 0 N–H and O–H groups in total. The average molecular weight is 174 g/mol. The van der Waals surface area contributed by atoms with E-state index in [2.05, 4.69) is 17.9 Å². The van der Waals surface area contributed by atoms with E-state index in [1.54, 1.807) is 0 Å². The first-order valence-corrected chi connectivity index (χ1v) is 4.18. The molecule has 1 nitrogen and oxygen atoms in total. The van der Waals surface area contributed by atoms with Gasteiger partial charge in [-0.05, 0) is 19.9 Å². The van der Waals surface area contributed by atoms with Crippen molar-refractivity contribution in [3.05, 3.63) is 23.4 Å². The largest absolute Gasteiger partial charge is 0.381 e. The molecule has 2 heteroatoms. The van der Waals surface area contributed by atoms with E-state index in [0.717, 1.165) is 0 Å². The Labute approximate surface area is 74.3 Å². The average Bonchev–Trinajstić information content (AvgIpc) is 1.99. The van der Waals surface area contributed by atoms with Gasteiger partial charge in [0, 0.05) is 25.7 Å². The van der Waals surface area contributed by atoms with Gasteiger partial charge in [0.1, 0.15) is 0 Å². The molecule has 0 aromatic carbocycles. The van der Waals surface area contributed by atoms with Crippen LogP contribution in [0.2, 0.25) is 0 Å². The van der Waals surface area contributed by atoms with Crippen molar-refractivity contribution in [3.63, 3.8) is 0 Å². The lowest BCUT2D eigenvalue weighted by molar-refractivity contribution is 0.514. The zero-order chi connectivity index (χ0) is 8.85. The lowest BCUT2D eigenvalue weighted by Crippen LogP contribution is -2.07. The van der Waals surface area contributed by atoms with Gasteiger partial charge in [-0.1, -0.05) is 11.6 Å². The Morgan fingerprint density at radius 2 is 1.82 bits per heavy atom. The van der Waals surface area contributed by atoms with Gasteiger partial charge in [0.25, 0.3) is 0 Å². The summed E-state index contributed by atoms with van der Waals surface area (Å²) >= 11 is 5.60. The molecule has 0 unspecified atom stereocenters. The summed E-state index contributed by atoms with van der Waals surface area (Å²) in [5.74, 6) is 0.608.